The van der Waals surface area contributed by atoms with Crippen molar-refractivity contribution in [1.82, 2.24) is 0 Å². The van der Waals surface area contributed by atoms with Crippen LogP contribution in [0.15, 0.2) is 72.8 Å². The molecule has 2 atom stereocenters. The van der Waals surface area contributed by atoms with Gasteiger partial charge in [-0.3, -0.25) is 9.59 Å². The fourth-order valence-electron chi connectivity index (χ4n) is 3.30. The maximum Gasteiger partial charge on any atom is 0.269 e. The number of nitrogens with one attached hydrogen (secondary N) is 2. The molecule has 0 saturated carbocycles. The van der Waals surface area contributed by atoms with Gasteiger partial charge in [0.05, 0.1) is 0 Å². The summed E-state index contributed by atoms with van der Waals surface area (Å²) in [7, 11) is 0. The van der Waals surface area contributed by atoms with E-state index in [1.165, 1.54) is 0 Å². The van der Waals surface area contributed by atoms with Crippen LogP contribution in [0.5, 0.6) is 11.5 Å². The molecule has 0 radical (unpaired) electrons. The summed E-state index contributed by atoms with van der Waals surface area (Å²) in [5, 5.41) is 5.79. The maximum atomic E-state index is 12.9. The number of hydrogen-bond acceptors (Lipinski definition) is 4. The molecule has 152 valence electrons. The number of para-hydroxylation sites is 2. The molecule has 0 spiro atoms. The van der Waals surface area contributed by atoms with E-state index < -0.39 is 12.2 Å². The highest BCUT2D eigenvalue weighted by Gasteiger charge is 2.34. The number of benzene rings is 3. The fraction of sp³-hybridized carbons (Fsp3) is 0.167. The van der Waals surface area contributed by atoms with Crippen LogP contribution in [0.4, 0.5) is 11.4 Å². The van der Waals surface area contributed by atoms with E-state index in [0.29, 0.717) is 28.4 Å². The van der Waals surface area contributed by atoms with E-state index in [9.17, 15) is 9.59 Å². The molecule has 2 N–H and O–H groups in total. The van der Waals surface area contributed by atoms with Crippen molar-refractivity contribution in [2.45, 2.75) is 26.1 Å². The summed E-state index contributed by atoms with van der Waals surface area (Å²) in [6, 6.07) is 21.6. The van der Waals surface area contributed by atoms with Gasteiger partial charge in [0, 0.05) is 16.9 Å². The number of amides is 2. The summed E-state index contributed by atoms with van der Waals surface area (Å²) in [5.41, 5.74) is 2.54. The lowest BCUT2D eigenvalue weighted by Gasteiger charge is -2.31. The first-order chi connectivity index (χ1) is 14.5. The fourth-order valence-corrected chi connectivity index (χ4v) is 3.30. The minimum atomic E-state index is -0.790. The van der Waals surface area contributed by atoms with E-state index >= 15 is 0 Å². The van der Waals surface area contributed by atoms with Crippen molar-refractivity contribution < 1.29 is 19.1 Å². The normalized spacial score (nSPS) is 17.1. The molecular weight excluding hydrogens is 380 g/mol. The number of carbonyl (C=O) groups excluding carboxylic acids is 2. The van der Waals surface area contributed by atoms with E-state index in [1.54, 1.807) is 43.3 Å². The molecule has 1 heterocycles. The predicted octanol–water partition coefficient (Wildman–Crippen LogP) is 4.41. The van der Waals surface area contributed by atoms with Crippen molar-refractivity contribution in [2.24, 2.45) is 0 Å². The van der Waals surface area contributed by atoms with Crippen LogP contribution in [-0.2, 0) is 4.79 Å². The van der Waals surface area contributed by atoms with Gasteiger partial charge < -0.3 is 20.1 Å². The third-order valence-electron chi connectivity index (χ3n) is 4.98. The molecule has 4 rings (SSSR count). The van der Waals surface area contributed by atoms with Gasteiger partial charge in [-0.05, 0) is 55.8 Å². The standard InChI is InChI=1S/C24H22N2O4/c1-15-18(25-23(27)17-9-4-3-5-10-17)11-8-12-19(15)26-24(28)22-16(2)29-20-13-6-7-14-21(20)30-22/h3-14,16,22H,1-2H3,(H,25,27)(H,26,28). The third kappa shape index (κ3) is 3.98. The Morgan fingerprint density at radius 2 is 1.37 bits per heavy atom. The van der Waals surface area contributed by atoms with Crippen LogP contribution in [0.2, 0.25) is 0 Å². The van der Waals surface area contributed by atoms with E-state index in [1.807, 2.05) is 43.3 Å². The topological polar surface area (TPSA) is 76.7 Å². The lowest BCUT2D eigenvalue weighted by molar-refractivity contribution is -0.128. The largest absolute Gasteiger partial charge is 0.482 e. The monoisotopic (exact) mass is 402 g/mol. The van der Waals surface area contributed by atoms with Crippen LogP contribution in [0.3, 0.4) is 0 Å². The first kappa shape index (κ1) is 19.5. The molecule has 0 bridgehead atoms. The van der Waals surface area contributed by atoms with Gasteiger partial charge >= 0.3 is 0 Å². The highest BCUT2D eigenvalue weighted by molar-refractivity contribution is 6.05. The van der Waals surface area contributed by atoms with Crippen LogP contribution in [0.25, 0.3) is 0 Å². The van der Waals surface area contributed by atoms with Crippen molar-refractivity contribution >= 4 is 23.2 Å². The Kier molecular flexibility index (Phi) is 5.39. The molecule has 2 unspecified atom stereocenters. The average Bonchev–Trinajstić information content (AvgIpc) is 2.76. The smallest absolute Gasteiger partial charge is 0.269 e. The summed E-state index contributed by atoms with van der Waals surface area (Å²) in [5.74, 6) is 0.634. The first-order valence-corrected chi connectivity index (χ1v) is 9.72. The number of fused-ring (bicyclic) bond motifs is 1. The van der Waals surface area contributed by atoms with Gasteiger partial charge in [0.2, 0.25) is 6.10 Å². The molecule has 2 amide bonds. The van der Waals surface area contributed by atoms with Gasteiger partial charge in [0.1, 0.15) is 6.10 Å². The lowest BCUT2D eigenvalue weighted by Crippen LogP contribution is -2.46. The van der Waals surface area contributed by atoms with E-state index in [-0.39, 0.29) is 11.8 Å². The van der Waals surface area contributed by atoms with Gasteiger partial charge in [-0.25, -0.2) is 0 Å². The number of ether oxygens (including phenoxy) is 2. The van der Waals surface area contributed by atoms with Crippen LogP contribution < -0.4 is 20.1 Å². The minimum absolute atomic E-state index is 0.212. The Labute approximate surface area is 174 Å². The van der Waals surface area contributed by atoms with Crippen LogP contribution in [0.1, 0.15) is 22.8 Å². The van der Waals surface area contributed by atoms with Crippen molar-refractivity contribution in [2.75, 3.05) is 10.6 Å². The maximum absolute atomic E-state index is 12.9. The highest BCUT2D eigenvalue weighted by Crippen LogP contribution is 2.34. The second kappa shape index (κ2) is 8.29. The SMILES string of the molecule is Cc1c(NC(=O)c2ccccc2)cccc1NC(=O)C1Oc2ccccc2OC1C. The minimum Gasteiger partial charge on any atom is -0.482 e. The zero-order valence-electron chi connectivity index (χ0n) is 16.7. The lowest BCUT2D eigenvalue weighted by atomic mass is 10.1. The Morgan fingerprint density at radius 1 is 0.767 bits per heavy atom. The second-order valence-electron chi connectivity index (χ2n) is 7.10. The summed E-state index contributed by atoms with van der Waals surface area (Å²) >= 11 is 0. The molecule has 6 heteroatoms. The van der Waals surface area contributed by atoms with Crippen LogP contribution in [0, 0.1) is 6.92 Å². The Morgan fingerprint density at radius 3 is 2.07 bits per heavy atom. The Hall–Kier alpha value is -3.80. The number of rotatable bonds is 4. The van der Waals surface area contributed by atoms with Crippen LogP contribution >= 0.6 is 0 Å². The molecule has 1 aliphatic rings. The number of carbonyl (C=O) groups is 2. The number of anilines is 2. The van der Waals surface area contributed by atoms with Gasteiger partial charge in [-0.15, -0.1) is 0 Å². The van der Waals surface area contributed by atoms with Gasteiger partial charge in [-0.2, -0.15) is 0 Å². The van der Waals surface area contributed by atoms with E-state index in [4.69, 9.17) is 9.47 Å². The molecule has 1 aliphatic heterocycles. The van der Waals surface area contributed by atoms with Crippen molar-refractivity contribution in [1.29, 1.82) is 0 Å². The quantitative estimate of drug-likeness (QED) is 0.678. The zero-order chi connectivity index (χ0) is 21.1. The van der Waals surface area contributed by atoms with Gasteiger partial charge in [-0.1, -0.05) is 36.4 Å². The molecular formula is C24H22N2O4. The summed E-state index contributed by atoms with van der Waals surface area (Å²) in [6.07, 6.45) is -1.23. The molecule has 0 fully saturated rings. The van der Waals surface area contributed by atoms with Gasteiger partial charge in [0.15, 0.2) is 11.5 Å². The van der Waals surface area contributed by atoms with Crippen molar-refractivity contribution in [3.05, 3.63) is 83.9 Å². The van der Waals surface area contributed by atoms with E-state index in [2.05, 4.69) is 10.6 Å². The number of hydrogen-bond donors (Lipinski definition) is 2. The zero-order valence-corrected chi connectivity index (χ0v) is 16.7. The van der Waals surface area contributed by atoms with Crippen molar-refractivity contribution in [3.63, 3.8) is 0 Å². The third-order valence-corrected chi connectivity index (χ3v) is 4.98. The summed E-state index contributed by atoms with van der Waals surface area (Å²) < 4.78 is 11.7. The molecule has 0 aliphatic carbocycles. The molecule has 6 nitrogen and oxygen atoms in total. The predicted molar refractivity (Wildman–Crippen MR) is 115 cm³/mol. The van der Waals surface area contributed by atoms with E-state index in [0.717, 1.165) is 5.56 Å². The summed E-state index contributed by atoms with van der Waals surface area (Å²) in [4.78, 5) is 25.4. The summed E-state index contributed by atoms with van der Waals surface area (Å²) in [6.45, 7) is 3.64. The first-order valence-electron chi connectivity index (χ1n) is 9.72. The second-order valence-corrected chi connectivity index (χ2v) is 7.10. The molecule has 0 aromatic heterocycles. The average molecular weight is 402 g/mol. The molecule has 3 aromatic rings. The molecule has 30 heavy (non-hydrogen) atoms. The van der Waals surface area contributed by atoms with Crippen molar-refractivity contribution in [3.8, 4) is 11.5 Å². The molecule has 3 aromatic carbocycles. The van der Waals surface area contributed by atoms with Crippen LogP contribution in [-0.4, -0.2) is 24.0 Å². The van der Waals surface area contributed by atoms with Gasteiger partial charge in [0.25, 0.3) is 11.8 Å². The Bertz CT molecular complexity index is 1080. The highest BCUT2D eigenvalue weighted by atomic mass is 16.6. The Balaban J connectivity index is 1.49. The molecule has 0 saturated heterocycles.